The van der Waals surface area contributed by atoms with Crippen LogP contribution in [0.5, 0.6) is 0 Å². The molecule has 2 N–H and O–H groups in total. The summed E-state index contributed by atoms with van der Waals surface area (Å²) in [6.45, 7) is 1.31. The Morgan fingerprint density at radius 3 is 2.21 bits per heavy atom. The number of benzene rings is 1. The summed E-state index contributed by atoms with van der Waals surface area (Å²) in [5.41, 5.74) is 0.866. The minimum atomic E-state index is -0.321. The predicted octanol–water partition coefficient (Wildman–Crippen LogP) is 3.37. The summed E-state index contributed by atoms with van der Waals surface area (Å²) in [6, 6.07) is 8.11. The molecule has 1 unspecified atom stereocenters. The molecule has 0 spiro atoms. The Morgan fingerprint density at radius 1 is 1.14 bits per heavy atom. The van der Waals surface area contributed by atoms with Crippen molar-refractivity contribution >= 4 is 47.4 Å². The molecule has 1 aromatic rings. The number of halogens is 2. The van der Waals surface area contributed by atoms with Crippen LogP contribution in [0.1, 0.15) is 37.3 Å². The SMILES string of the molecule is CN=C(NCC(c1ccc(Cl)cc1)N(C)C)NCC1(C(=O)N(C)C)CCCC1.I. The predicted molar refractivity (Wildman–Crippen MR) is 132 cm³/mol. The van der Waals surface area contributed by atoms with Gasteiger partial charge in [0.2, 0.25) is 5.91 Å². The molecule has 1 amide bonds. The van der Waals surface area contributed by atoms with Crippen molar-refractivity contribution in [3.63, 3.8) is 0 Å². The van der Waals surface area contributed by atoms with Crippen molar-refractivity contribution in [3.05, 3.63) is 34.9 Å². The van der Waals surface area contributed by atoms with Crippen LogP contribution in [0.15, 0.2) is 29.3 Å². The fourth-order valence-corrected chi connectivity index (χ4v) is 4.07. The second-order valence-corrected chi connectivity index (χ2v) is 8.46. The average Bonchev–Trinajstić information content (AvgIpc) is 3.14. The van der Waals surface area contributed by atoms with Crippen molar-refractivity contribution in [2.24, 2.45) is 10.4 Å². The van der Waals surface area contributed by atoms with Gasteiger partial charge in [-0.2, -0.15) is 0 Å². The molecule has 1 aliphatic carbocycles. The van der Waals surface area contributed by atoms with Crippen molar-refractivity contribution in [3.8, 4) is 0 Å². The molecule has 0 aromatic heterocycles. The highest BCUT2D eigenvalue weighted by Crippen LogP contribution is 2.38. The lowest BCUT2D eigenvalue weighted by atomic mass is 9.84. The van der Waals surface area contributed by atoms with Gasteiger partial charge in [0, 0.05) is 39.3 Å². The minimum absolute atomic E-state index is 0. The van der Waals surface area contributed by atoms with Crippen molar-refractivity contribution in [2.45, 2.75) is 31.7 Å². The molecule has 1 fully saturated rings. The van der Waals surface area contributed by atoms with E-state index in [4.69, 9.17) is 11.6 Å². The number of rotatable bonds is 7. The Bertz CT molecular complexity index is 672. The Balaban J connectivity index is 0.00000420. The molecule has 164 valence electrons. The molecule has 2 rings (SSSR count). The van der Waals surface area contributed by atoms with Crippen LogP contribution in [0.3, 0.4) is 0 Å². The molecule has 8 heteroatoms. The van der Waals surface area contributed by atoms with Gasteiger partial charge >= 0.3 is 0 Å². The number of hydrogen-bond acceptors (Lipinski definition) is 3. The Labute approximate surface area is 197 Å². The molecule has 29 heavy (non-hydrogen) atoms. The third kappa shape index (κ3) is 7.00. The van der Waals surface area contributed by atoms with E-state index < -0.39 is 0 Å². The van der Waals surface area contributed by atoms with Gasteiger partial charge in [0.25, 0.3) is 0 Å². The Kier molecular flexibility index (Phi) is 10.7. The number of amides is 1. The molecule has 0 bridgehead atoms. The number of guanidine groups is 1. The zero-order valence-corrected chi connectivity index (χ0v) is 21.3. The molecule has 0 saturated heterocycles. The second kappa shape index (κ2) is 12.0. The molecule has 1 aliphatic rings. The quantitative estimate of drug-likeness (QED) is 0.319. The van der Waals surface area contributed by atoms with E-state index >= 15 is 0 Å². The molecular formula is C21H35ClIN5O. The van der Waals surface area contributed by atoms with E-state index in [1.807, 2.05) is 38.4 Å². The largest absolute Gasteiger partial charge is 0.355 e. The number of likely N-dealkylation sites (N-methyl/N-ethyl adjacent to an activating group) is 1. The third-order valence-corrected chi connectivity index (χ3v) is 5.83. The zero-order chi connectivity index (χ0) is 20.7. The Morgan fingerprint density at radius 2 is 1.72 bits per heavy atom. The summed E-state index contributed by atoms with van der Waals surface area (Å²) in [5.74, 6) is 0.930. The van der Waals surface area contributed by atoms with Crippen molar-refractivity contribution < 1.29 is 4.79 Å². The smallest absolute Gasteiger partial charge is 0.230 e. The lowest BCUT2D eigenvalue weighted by Crippen LogP contribution is -2.50. The lowest BCUT2D eigenvalue weighted by Gasteiger charge is -2.32. The number of nitrogens with one attached hydrogen (secondary N) is 2. The summed E-state index contributed by atoms with van der Waals surface area (Å²) in [6.07, 6.45) is 4.07. The first-order valence-electron chi connectivity index (χ1n) is 9.87. The number of carbonyl (C=O) groups is 1. The van der Waals surface area contributed by atoms with E-state index in [9.17, 15) is 4.79 Å². The molecule has 6 nitrogen and oxygen atoms in total. The summed E-state index contributed by atoms with van der Waals surface area (Å²) in [5, 5.41) is 7.54. The number of carbonyl (C=O) groups excluding carboxylic acids is 1. The number of aliphatic imine (C=N–C) groups is 1. The van der Waals surface area contributed by atoms with Gasteiger partial charge in [0.15, 0.2) is 5.96 Å². The van der Waals surface area contributed by atoms with Gasteiger partial charge < -0.3 is 20.4 Å². The van der Waals surface area contributed by atoms with Crippen molar-refractivity contribution in [2.75, 3.05) is 48.3 Å². The molecule has 1 saturated carbocycles. The summed E-state index contributed by atoms with van der Waals surface area (Å²) >= 11 is 6.02. The average molecular weight is 536 g/mol. The standard InChI is InChI=1S/C21H34ClN5O.HI/c1-23-20(25-15-21(12-6-7-13-21)19(28)27(4)5)24-14-18(26(2)3)16-8-10-17(22)11-9-16;/h8-11,18H,6-7,12-15H2,1-5H3,(H2,23,24,25);1H. The topological polar surface area (TPSA) is 60.0 Å². The van der Waals surface area contributed by atoms with Gasteiger partial charge in [-0.15, -0.1) is 24.0 Å². The van der Waals surface area contributed by atoms with Gasteiger partial charge in [-0.25, -0.2) is 0 Å². The van der Waals surface area contributed by atoms with Crippen LogP contribution in [-0.4, -0.2) is 70.0 Å². The van der Waals surface area contributed by atoms with Crippen molar-refractivity contribution in [1.82, 2.24) is 20.4 Å². The maximum Gasteiger partial charge on any atom is 0.230 e. The summed E-state index contributed by atoms with van der Waals surface area (Å²) in [7, 11) is 9.55. The van der Waals surface area contributed by atoms with E-state index in [1.54, 1.807) is 11.9 Å². The highest BCUT2D eigenvalue weighted by atomic mass is 127. The van der Waals surface area contributed by atoms with Crippen LogP contribution >= 0.6 is 35.6 Å². The molecule has 0 heterocycles. The first-order valence-corrected chi connectivity index (χ1v) is 10.2. The lowest BCUT2D eigenvalue weighted by molar-refractivity contribution is -0.138. The van der Waals surface area contributed by atoms with Gasteiger partial charge in [-0.05, 0) is 44.6 Å². The zero-order valence-electron chi connectivity index (χ0n) is 18.2. The van der Waals surface area contributed by atoms with Crippen LogP contribution in [0.4, 0.5) is 0 Å². The summed E-state index contributed by atoms with van der Waals surface area (Å²) in [4.78, 5) is 21.0. The first kappa shape index (κ1) is 26.0. The minimum Gasteiger partial charge on any atom is -0.355 e. The van der Waals surface area contributed by atoms with Crippen LogP contribution in [0, 0.1) is 5.41 Å². The number of nitrogens with zero attached hydrogens (tertiary/aromatic N) is 3. The maximum absolute atomic E-state index is 12.7. The third-order valence-electron chi connectivity index (χ3n) is 5.58. The van der Waals surface area contributed by atoms with E-state index in [0.717, 1.165) is 36.7 Å². The van der Waals surface area contributed by atoms with Gasteiger partial charge in [-0.1, -0.05) is 36.6 Å². The van der Waals surface area contributed by atoms with E-state index in [-0.39, 0.29) is 41.3 Å². The van der Waals surface area contributed by atoms with Crippen LogP contribution in [0.2, 0.25) is 5.02 Å². The molecule has 1 atom stereocenters. The van der Waals surface area contributed by atoms with Crippen LogP contribution in [-0.2, 0) is 4.79 Å². The van der Waals surface area contributed by atoms with E-state index in [1.165, 1.54) is 5.56 Å². The van der Waals surface area contributed by atoms with Crippen LogP contribution in [0.25, 0.3) is 0 Å². The maximum atomic E-state index is 12.7. The summed E-state index contributed by atoms with van der Waals surface area (Å²) < 4.78 is 0. The highest BCUT2D eigenvalue weighted by molar-refractivity contribution is 14.0. The van der Waals surface area contributed by atoms with Gasteiger partial charge in [0.1, 0.15) is 0 Å². The molecule has 0 radical (unpaired) electrons. The normalized spacial score (nSPS) is 16.9. The second-order valence-electron chi connectivity index (χ2n) is 8.02. The van der Waals surface area contributed by atoms with E-state index in [0.29, 0.717) is 13.1 Å². The molecular weight excluding hydrogens is 501 g/mol. The fraction of sp³-hybridized carbons (Fsp3) is 0.619. The van der Waals surface area contributed by atoms with Gasteiger partial charge in [0.05, 0.1) is 11.5 Å². The Hall–Kier alpha value is -1.06. The molecule has 0 aliphatic heterocycles. The van der Waals surface area contributed by atoms with E-state index in [2.05, 4.69) is 34.6 Å². The highest BCUT2D eigenvalue weighted by Gasteiger charge is 2.42. The molecule has 1 aromatic carbocycles. The fourth-order valence-electron chi connectivity index (χ4n) is 3.94. The van der Waals surface area contributed by atoms with Gasteiger partial charge in [-0.3, -0.25) is 9.79 Å². The van der Waals surface area contributed by atoms with Crippen LogP contribution < -0.4 is 10.6 Å². The monoisotopic (exact) mass is 535 g/mol. The van der Waals surface area contributed by atoms with Crippen molar-refractivity contribution in [1.29, 1.82) is 0 Å². The number of hydrogen-bond donors (Lipinski definition) is 2. The first-order chi connectivity index (χ1) is 13.3.